The van der Waals surface area contributed by atoms with Gasteiger partial charge in [-0.25, -0.2) is 9.59 Å². The Hall–Kier alpha value is -3.49. The maximum absolute atomic E-state index is 12.1. The highest BCUT2D eigenvalue weighted by atomic mass is 127. The van der Waals surface area contributed by atoms with Gasteiger partial charge in [-0.15, -0.1) is 20.4 Å². The molecule has 6 heterocycles. The van der Waals surface area contributed by atoms with E-state index in [1.54, 1.807) is 22.5 Å². The minimum Gasteiger partial charge on any atom is -0.444 e. The second-order valence-corrected chi connectivity index (χ2v) is 15.5. The fourth-order valence-electron chi connectivity index (χ4n) is 5.09. The topological polar surface area (TPSA) is 119 Å². The molecule has 4 aromatic heterocycles. The lowest BCUT2D eigenvalue weighted by Crippen LogP contribution is -2.41. The third-order valence-corrected chi connectivity index (χ3v) is 8.72. The summed E-state index contributed by atoms with van der Waals surface area (Å²) in [5, 5.41) is 15.6. The number of carbonyl (C=O) groups is 2. The van der Waals surface area contributed by atoms with Crippen molar-refractivity contribution in [2.75, 3.05) is 26.2 Å². The molecule has 2 aliphatic heterocycles. The van der Waals surface area contributed by atoms with E-state index in [9.17, 15) is 9.59 Å². The van der Waals surface area contributed by atoms with E-state index in [2.05, 4.69) is 55.1 Å². The van der Waals surface area contributed by atoms with Gasteiger partial charge in [0.1, 0.15) is 23.9 Å². The number of ether oxygens (including phenoxy) is 2. The van der Waals surface area contributed by atoms with E-state index < -0.39 is 5.60 Å². The van der Waals surface area contributed by atoms with Crippen LogP contribution in [0.2, 0.25) is 0 Å². The van der Waals surface area contributed by atoms with Crippen molar-refractivity contribution in [3.05, 3.63) is 60.4 Å². The highest BCUT2D eigenvalue weighted by Gasteiger charge is 2.28. The molecule has 0 bridgehead atoms. The van der Waals surface area contributed by atoms with E-state index in [0.29, 0.717) is 9.84 Å². The van der Waals surface area contributed by atoms with Crippen molar-refractivity contribution < 1.29 is 19.1 Å². The number of hydrogen-bond acceptors (Lipinski definition) is 8. The highest BCUT2D eigenvalue weighted by molar-refractivity contribution is 14.1. The SMILES string of the molecule is CC(C)(C)OC(=O)N1CCC(I)CC1.CC(C)(C)OC(=O)N1CCC(c2ccn3cnnc3c2)CC1.Cc1ccn2cnnc2c1. The first-order valence-electron chi connectivity index (χ1n) is 15.8. The smallest absolute Gasteiger partial charge is 0.410 e. The quantitative estimate of drug-likeness (QED) is 0.156. The Balaban J connectivity index is 0.000000171. The van der Waals surface area contributed by atoms with Crippen molar-refractivity contribution in [2.24, 2.45) is 0 Å². The summed E-state index contributed by atoms with van der Waals surface area (Å²) in [6.07, 6.45) is 11.0. The zero-order valence-electron chi connectivity index (χ0n) is 28.0. The maximum atomic E-state index is 12.1. The Labute approximate surface area is 285 Å². The number of hydrogen-bond donors (Lipinski definition) is 0. The van der Waals surface area contributed by atoms with Gasteiger partial charge < -0.3 is 19.3 Å². The van der Waals surface area contributed by atoms with Crippen molar-refractivity contribution in [1.82, 2.24) is 39.0 Å². The predicted molar refractivity (Wildman–Crippen MR) is 185 cm³/mol. The maximum Gasteiger partial charge on any atom is 0.410 e. The van der Waals surface area contributed by atoms with Crippen LogP contribution in [0.15, 0.2) is 49.3 Å². The Morgan fingerprint density at radius 3 is 1.70 bits per heavy atom. The van der Waals surface area contributed by atoms with Crippen LogP contribution in [0.5, 0.6) is 0 Å². The lowest BCUT2D eigenvalue weighted by atomic mass is 9.90. The summed E-state index contributed by atoms with van der Waals surface area (Å²) in [6, 6.07) is 8.22. The molecule has 4 aromatic rings. The number of aromatic nitrogens is 6. The molecule has 0 N–H and O–H groups in total. The predicted octanol–water partition coefficient (Wildman–Crippen LogP) is 6.70. The first-order chi connectivity index (χ1) is 21.7. The fraction of sp³-hybridized carbons (Fsp3) is 0.576. The molecular formula is C33H47IN8O4. The summed E-state index contributed by atoms with van der Waals surface area (Å²) < 4.78 is 15.2. The molecule has 0 radical (unpaired) electrons. The van der Waals surface area contributed by atoms with Crippen LogP contribution in [0.25, 0.3) is 11.3 Å². The van der Waals surface area contributed by atoms with Gasteiger partial charge in [-0.05, 0) is 115 Å². The van der Waals surface area contributed by atoms with E-state index in [4.69, 9.17) is 9.47 Å². The van der Waals surface area contributed by atoms with Gasteiger partial charge in [-0.1, -0.05) is 22.6 Å². The van der Waals surface area contributed by atoms with E-state index >= 15 is 0 Å². The number of likely N-dealkylation sites (tertiary alicyclic amines) is 2. The van der Waals surface area contributed by atoms with Gasteiger partial charge in [0, 0.05) is 42.5 Å². The van der Waals surface area contributed by atoms with Crippen molar-refractivity contribution in [3.8, 4) is 0 Å². The summed E-state index contributed by atoms with van der Waals surface area (Å²) in [5.74, 6) is 0.459. The number of nitrogens with zero attached hydrogens (tertiary/aromatic N) is 8. The molecule has 13 heteroatoms. The molecule has 2 fully saturated rings. The number of fused-ring (bicyclic) bond motifs is 2. The molecule has 2 aliphatic rings. The van der Waals surface area contributed by atoms with Crippen LogP contribution in [-0.2, 0) is 9.47 Å². The van der Waals surface area contributed by atoms with Gasteiger partial charge in [0.25, 0.3) is 0 Å². The van der Waals surface area contributed by atoms with E-state index in [1.807, 2.05) is 81.8 Å². The molecule has 0 aliphatic carbocycles. The zero-order valence-corrected chi connectivity index (χ0v) is 30.2. The molecule has 0 spiro atoms. The monoisotopic (exact) mass is 746 g/mol. The molecule has 2 saturated heterocycles. The van der Waals surface area contributed by atoms with Crippen LogP contribution in [-0.4, -0.2) is 92.5 Å². The van der Waals surface area contributed by atoms with Crippen LogP contribution in [0.3, 0.4) is 0 Å². The average Bonchev–Trinajstić information content (AvgIpc) is 3.65. The summed E-state index contributed by atoms with van der Waals surface area (Å²) in [6.45, 7) is 16.6. The van der Waals surface area contributed by atoms with Gasteiger partial charge >= 0.3 is 12.2 Å². The van der Waals surface area contributed by atoms with Gasteiger partial charge in [0.05, 0.1) is 0 Å². The number of aryl methyl sites for hydroxylation is 1. The second-order valence-electron chi connectivity index (χ2n) is 13.7. The first kappa shape index (κ1) is 35.4. The van der Waals surface area contributed by atoms with E-state index in [1.165, 1.54) is 11.1 Å². The highest BCUT2D eigenvalue weighted by Crippen LogP contribution is 2.29. The van der Waals surface area contributed by atoms with Crippen molar-refractivity contribution >= 4 is 46.1 Å². The third kappa shape index (κ3) is 10.8. The molecule has 12 nitrogen and oxygen atoms in total. The van der Waals surface area contributed by atoms with Gasteiger partial charge in [-0.2, -0.15) is 0 Å². The lowest BCUT2D eigenvalue weighted by Gasteiger charge is -2.33. The normalized spacial score (nSPS) is 16.3. The molecule has 0 atom stereocenters. The summed E-state index contributed by atoms with van der Waals surface area (Å²) in [4.78, 5) is 27.3. The molecule has 0 aromatic carbocycles. The fourth-order valence-corrected chi connectivity index (χ4v) is 5.64. The number of amides is 2. The molecule has 250 valence electrons. The van der Waals surface area contributed by atoms with Crippen LogP contribution < -0.4 is 0 Å². The molecular weight excluding hydrogens is 699 g/mol. The summed E-state index contributed by atoms with van der Waals surface area (Å²) in [7, 11) is 0. The van der Waals surface area contributed by atoms with Gasteiger partial charge in [0.2, 0.25) is 0 Å². The number of pyridine rings is 2. The summed E-state index contributed by atoms with van der Waals surface area (Å²) in [5.41, 5.74) is 3.43. The standard InChI is InChI=1S/C16H22N4O2.C10H18INO2.C7H7N3/c1-16(2,3)22-15(21)19-7-4-12(5-8-19)13-6-9-20-11-17-18-14(20)10-13;1-10(2,3)14-9(13)12-6-4-8(11)5-7-12;1-6-2-3-10-5-8-9-7(10)4-6/h6,9-12H,4-5,7-8H2,1-3H3;8H,4-7H2,1-3H3;2-5H,1H3. The molecule has 0 unspecified atom stereocenters. The largest absolute Gasteiger partial charge is 0.444 e. The van der Waals surface area contributed by atoms with E-state index in [0.717, 1.165) is 63.2 Å². The number of rotatable bonds is 1. The molecule has 0 saturated carbocycles. The molecule has 6 rings (SSSR count). The van der Waals surface area contributed by atoms with Crippen molar-refractivity contribution in [1.29, 1.82) is 0 Å². The minimum absolute atomic E-state index is 0.166. The average molecular weight is 747 g/mol. The van der Waals surface area contributed by atoms with Crippen molar-refractivity contribution in [3.63, 3.8) is 0 Å². The Morgan fingerprint density at radius 1 is 0.739 bits per heavy atom. The minimum atomic E-state index is -0.438. The molecule has 46 heavy (non-hydrogen) atoms. The zero-order chi connectivity index (χ0) is 33.5. The number of alkyl halides is 1. The van der Waals surface area contributed by atoms with Gasteiger partial charge in [-0.3, -0.25) is 8.80 Å². The van der Waals surface area contributed by atoms with Crippen LogP contribution >= 0.6 is 22.6 Å². The summed E-state index contributed by atoms with van der Waals surface area (Å²) >= 11 is 2.44. The number of halogens is 1. The van der Waals surface area contributed by atoms with Crippen LogP contribution in [0, 0.1) is 6.92 Å². The first-order valence-corrected chi connectivity index (χ1v) is 17.1. The Bertz CT molecular complexity index is 1580. The number of piperidine rings is 2. The van der Waals surface area contributed by atoms with Crippen LogP contribution in [0.4, 0.5) is 9.59 Å². The van der Waals surface area contributed by atoms with Crippen LogP contribution in [0.1, 0.15) is 84.3 Å². The van der Waals surface area contributed by atoms with Gasteiger partial charge in [0.15, 0.2) is 11.3 Å². The third-order valence-electron chi connectivity index (χ3n) is 7.47. The Kier molecular flexibility index (Phi) is 11.8. The van der Waals surface area contributed by atoms with E-state index in [-0.39, 0.29) is 17.8 Å². The number of carbonyl (C=O) groups excluding carboxylic acids is 2. The Morgan fingerprint density at radius 2 is 1.20 bits per heavy atom. The van der Waals surface area contributed by atoms with Crippen molar-refractivity contribution in [2.45, 2.75) is 95.2 Å². The molecule has 2 amide bonds. The lowest BCUT2D eigenvalue weighted by molar-refractivity contribution is 0.0200. The second kappa shape index (κ2) is 15.4.